The minimum atomic E-state index is -0.477. The maximum atomic E-state index is 11.7. The van der Waals surface area contributed by atoms with Crippen LogP contribution in [0.1, 0.15) is 48.7 Å². The summed E-state index contributed by atoms with van der Waals surface area (Å²) in [5.41, 5.74) is -0.200. The quantitative estimate of drug-likeness (QED) is 0.791. The summed E-state index contributed by atoms with van der Waals surface area (Å²) < 4.78 is 4.43. The lowest BCUT2D eigenvalue weighted by atomic mass is 10.2. The van der Waals surface area contributed by atoms with E-state index in [2.05, 4.69) is 25.6 Å². The molecule has 1 aromatic rings. The monoisotopic (exact) mass is 240 g/mol. The van der Waals surface area contributed by atoms with Crippen LogP contribution in [0.25, 0.3) is 0 Å². The molecule has 0 aliphatic heterocycles. The topological polar surface area (TPSA) is 97.1 Å². The Kier molecular flexibility index (Phi) is 4.19. The molecular weight excluding hydrogens is 224 g/mol. The van der Waals surface area contributed by atoms with Gasteiger partial charge in [-0.05, 0) is 38.0 Å². The highest BCUT2D eigenvalue weighted by Crippen LogP contribution is 2.03. The fourth-order valence-electron chi connectivity index (χ4n) is 1.15. The molecule has 0 unspecified atom stereocenters. The Bertz CT molecular complexity index is 375. The molecule has 0 atom stereocenters. The summed E-state index contributed by atoms with van der Waals surface area (Å²) >= 11 is 0. The largest absolute Gasteiger partial charge is 0.348 e. The van der Waals surface area contributed by atoms with Gasteiger partial charge < -0.3 is 10.6 Å². The second-order valence-electron chi connectivity index (χ2n) is 4.22. The second-order valence-corrected chi connectivity index (χ2v) is 4.22. The molecule has 7 heteroatoms. The van der Waals surface area contributed by atoms with E-state index < -0.39 is 11.8 Å². The average Bonchev–Trinajstić information content (AvgIpc) is 2.63. The predicted octanol–water partition coefficient (Wildman–Crippen LogP) is 0.346. The van der Waals surface area contributed by atoms with Crippen molar-refractivity contribution in [3.8, 4) is 0 Å². The first-order chi connectivity index (χ1) is 7.91. The van der Waals surface area contributed by atoms with E-state index in [1.807, 2.05) is 0 Å². The van der Waals surface area contributed by atoms with Crippen LogP contribution in [-0.2, 0) is 0 Å². The Labute approximate surface area is 98.9 Å². The molecule has 17 heavy (non-hydrogen) atoms. The van der Waals surface area contributed by atoms with E-state index in [-0.39, 0.29) is 23.5 Å². The molecule has 2 amide bonds. The van der Waals surface area contributed by atoms with Gasteiger partial charge in [0.2, 0.25) is 11.4 Å². The molecule has 0 aliphatic carbocycles. The van der Waals surface area contributed by atoms with Crippen LogP contribution in [0.3, 0.4) is 0 Å². The first-order valence-electron chi connectivity index (χ1n) is 5.36. The lowest BCUT2D eigenvalue weighted by molar-refractivity contribution is 0.0902. The van der Waals surface area contributed by atoms with Crippen LogP contribution in [0.4, 0.5) is 0 Å². The Morgan fingerprint density at radius 3 is 1.59 bits per heavy atom. The first kappa shape index (κ1) is 13.1. The van der Waals surface area contributed by atoms with Gasteiger partial charge in [0.15, 0.2) is 0 Å². The Morgan fingerprint density at radius 2 is 1.29 bits per heavy atom. The molecule has 0 saturated heterocycles. The lowest BCUT2D eigenvalue weighted by Gasteiger charge is -2.08. The van der Waals surface area contributed by atoms with E-state index in [9.17, 15) is 9.59 Å². The summed E-state index contributed by atoms with van der Waals surface area (Å²) in [7, 11) is 0. The highest BCUT2D eigenvalue weighted by atomic mass is 16.6. The van der Waals surface area contributed by atoms with Crippen LogP contribution in [0.5, 0.6) is 0 Å². The third-order valence-corrected chi connectivity index (χ3v) is 1.76. The van der Waals surface area contributed by atoms with E-state index >= 15 is 0 Å². The summed E-state index contributed by atoms with van der Waals surface area (Å²) in [5, 5.41) is 12.1. The van der Waals surface area contributed by atoms with Crippen LogP contribution < -0.4 is 10.6 Å². The molecule has 94 valence electrons. The molecule has 0 radical (unpaired) electrons. The van der Waals surface area contributed by atoms with Crippen molar-refractivity contribution in [1.29, 1.82) is 0 Å². The van der Waals surface area contributed by atoms with E-state index in [0.717, 1.165) is 0 Å². The summed E-state index contributed by atoms with van der Waals surface area (Å²) in [6.07, 6.45) is 0. The molecule has 2 N–H and O–H groups in total. The zero-order valence-electron chi connectivity index (χ0n) is 10.3. The van der Waals surface area contributed by atoms with Crippen molar-refractivity contribution < 1.29 is 14.2 Å². The molecular formula is C10H16N4O3. The van der Waals surface area contributed by atoms with E-state index in [4.69, 9.17) is 0 Å². The van der Waals surface area contributed by atoms with Crippen molar-refractivity contribution in [2.24, 2.45) is 0 Å². The zero-order valence-corrected chi connectivity index (χ0v) is 10.3. The van der Waals surface area contributed by atoms with Gasteiger partial charge in [0.1, 0.15) is 0 Å². The molecule has 0 spiro atoms. The predicted molar refractivity (Wildman–Crippen MR) is 59.5 cm³/mol. The van der Waals surface area contributed by atoms with Gasteiger partial charge in [0.25, 0.3) is 11.8 Å². The third-order valence-electron chi connectivity index (χ3n) is 1.76. The second kappa shape index (κ2) is 5.42. The van der Waals surface area contributed by atoms with Crippen LogP contribution >= 0.6 is 0 Å². The third kappa shape index (κ3) is 3.54. The highest BCUT2D eigenvalue weighted by molar-refractivity contribution is 6.04. The van der Waals surface area contributed by atoms with Gasteiger partial charge in [-0.25, -0.2) is 4.63 Å². The smallest absolute Gasteiger partial charge is 0.276 e. The number of hydrogen-bond acceptors (Lipinski definition) is 5. The van der Waals surface area contributed by atoms with Crippen LogP contribution in [0.15, 0.2) is 4.63 Å². The first-order valence-corrected chi connectivity index (χ1v) is 5.36. The van der Waals surface area contributed by atoms with Gasteiger partial charge in [0, 0.05) is 12.1 Å². The number of carbonyl (C=O) groups excluding carboxylic acids is 2. The molecule has 0 saturated carbocycles. The minimum Gasteiger partial charge on any atom is -0.348 e. The standard InChI is InChI=1S/C10H16N4O3/c1-5(2)11-9(15)7-8(14-17-13-7)10(16)12-6(3)4/h5-6H,1-4H3,(H,11,15)(H,12,16). The molecule has 0 aromatic carbocycles. The fraction of sp³-hybridized carbons (Fsp3) is 0.600. The Balaban J connectivity index is 2.85. The summed E-state index contributed by atoms with van der Waals surface area (Å²) in [6, 6.07) is -0.111. The molecule has 7 nitrogen and oxygen atoms in total. The summed E-state index contributed by atoms with van der Waals surface area (Å²) in [6.45, 7) is 7.22. The van der Waals surface area contributed by atoms with Gasteiger partial charge in [-0.3, -0.25) is 9.59 Å². The zero-order chi connectivity index (χ0) is 13.0. The van der Waals surface area contributed by atoms with E-state index in [1.165, 1.54) is 0 Å². The fourth-order valence-corrected chi connectivity index (χ4v) is 1.15. The number of rotatable bonds is 4. The Morgan fingerprint density at radius 1 is 0.941 bits per heavy atom. The molecule has 0 bridgehead atoms. The number of amides is 2. The molecule has 1 aromatic heterocycles. The van der Waals surface area contributed by atoms with Crippen LogP contribution in [0, 0.1) is 0 Å². The van der Waals surface area contributed by atoms with E-state index in [0.29, 0.717) is 0 Å². The number of aromatic nitrogens is 2. The molecule has 0 aliphatic rings. The number of carbonyl (C=O) groups is 2. The molecule has 0 fully saturated rings. The molecule has 1 heterocycles. The van der Waals surface area contributed by atoms with Crippen molar-refractivity contribution in [3.63, 3.8) is 0 Å². The average molecular weight is 240 g/mol. The maximum absolute atomic E-state index is 11.7. The number of hydrogen-bond donors (Lipinski definition) is 2. The van der Waals surface area contributed by atoms with Gasteiger partial charge in [-0.2, -0.15) is 0 Å². The molecule has 1 rings (SSSR count). The minimum absolute atomic E-state index is 0.0554. The SMILES string of the molecule is CC(C)NC(=O)c1nonc1C(=O)NC(C)C. The number of nitrogens with one attached hydrogen (secondary N) is 2. The highest BCUT2D eigenvalue weighted by Gasteiger charge is 2.24. The lowest BCUT2D eigenvalue weighted by Crippen LogP contribution is -2.35. The van der Waals surface area contributed by atoms with Gasteiger partial charge in [-0.1, -0.05) is 0 Å². The summed E-state index contributed by atoms with van der Waals surface area (Å²) in [5.74, 6) is -0.953. The number of nitrogens with zero attached hydrogens (tertiary/aromatic N) is 2. The van der Waals surface area contributed by atoms with E-state index in [1.54, 1.807) is 27.7 Å². The van der Waals surface area contributed by atoms with Gasteiger partial charge >= 0.3 is 0 Å². The van der Waals surface area contributed by atoms with Crippen molar-refractivity contribution in [1.82, 2.24) is 20.9 Å². The van der Waals surface area contributed by atoms with Crippen LogP contribution in [-0.4, -0.2) is 34.2 Å². The Hall–Kier alpha value is -1.92. The van der Waals surface area contributed by atoms with Crippen LogP contribution in [0.2, 0.25) is 0 Å². The van der Waals surface area contributed by atoms with Crippen molar-refractivity contribution >= 4 is 11.8 Å². The van der Waals surface area contributed by atoms with Crippen molar-refractivity contribution in [2.45, 2.75) is 39.8 Å². The van der Waals surface area contributed by atoms with Gasteiger partial charge in [0.05, 0.1) is 0 Å². The van der Waals surface area contributed by atoms with Crippen molar-refractivity contribution in [2.75, 3.05) is 0 Å². The van der Waals surface area contributed by atoms with Gasteiger partial charge in [-0.15, -0.1) is 0 Å². The normalized spacial score (nSPS) is 10.7. The maximum Gasteiger partial charge on any atom is 0.276 e. The summed E-state index contributed by atoms with van der Waals surface area (Å²) in [4.78, 5) is 23.3. The van der Waals surface area contributed by atoms with Crippen molar-refractivity contribution in [3.05, 3.63) is 11.4 Å².